The number of aryl methyl sites for hydroxylation is 1. The van der Waals surface area contributed by atoms with Gasteiger partial charge in [-0.2, -0.15) is 14.3 Å². The van der Waals surface area contributed by atoms with Crippen LogP contribution >= 0.6 is 0 Å². The fraction of sp³-hybridized carbons (Fsp3) is 0.483. The van der Waals surface area contributed by atoms with Gasteiger partial charge in [0.05, 0.1) is 35.4 Å². The average molecular weight is 627 g/mol. The monoisotopic (exact) mass is 626 g/mol. The minimum Gasteiger partial charge on any atom is -0.382 e. The van der Waals surface area contributed by atoms with Crippen molar-refractivity contribution in [1.29, 1.82) is 0 Å². The molecule has 2 N–H and O–H groups in total. The Morgan fingerprint density at radius 3 is 2.57 bits per heavy atom. The summed E-state index contributed by atoms with van der Waals surface area (Å²) in [5, 5.41) is 15.2. The fourth-order valence-corrected chi connectivity index (χ4v) is 7.12. The van der Waals surface area contributed by atoms with Crippen LogP contribution < -0.4 is 10.6 Å². The summed E-state index contributed by atoms with van der Waals surface area (Å²) in [4.78, 5) is 15.2. The van der Waals surface area contributed by atoms with Crippen LogP contribution in [0.4, 0.5) is 26.1 Å². The second-order valence-electron chi connectivity index (χ2n) is 11.7. The molecule has 44 heavy (non-hydrogen) atoms. The lowest BCUT2D eigenvalue weighted by Gasteiger charge is -2.32. The zero-order valence-electron chi connectivity index (χ0n) is 24.6. The number of hydrogen-bond donors (Lipinski definition) is 2. The van der Waals surface area contributed by atoms with Crippen molar-refractivity contribution in [2.24, 2.45) is 13.0 Å². The van der Waals surface area contributed by atoms with Gasteiger partial charge in [-0.15, -0.1) is 0 Å². The molecule has 0 aliphatic heterocycles. The summed E-state index contributed by atoms with van der Waals surface area (Å²) in [6, 6.07) is 5.79. The molecule has 2 fully saturated rings. The first-order chi connectivity index (χ1) is 21.1. The van der Waals surface area contributed by atoms with Gasteiger partial charge in [0.2, 0.25) is 0 Å². The predicted molar refractivity (Wildman–Crippen MR) is 163 cm³/mol. The van der Waals surface area contributed by atoms with Gasteiger partial charge in [-0.1, -0.05) is 0 Å². The van der Waals surface area contributed by atoms with Crippen molar-refractivity contribution in [3.63, 3.8) is 0 Å². The molecule has 0 radical (unpaired) electrons. The number of pyridine rings is 1. The number of anilines is 3. The van der Waals surface area contributed by atoms with Gasteiger partial charge in [-0.3, -0.25) is 4.68 Å². The topological polar surface area (TPSA) is 136 Å². The summed E-state index contributed by atoms with van der Waals surface area (Å²) in [7, 11) is 0.137. The van der Waals surface area contributed by atoms with Crippen LogP contribution in [0.2, 0.25) is 0 Å². The molecule has 234 valence electrons. The number of rotatable bonds is 12. The van der Waals surface area contributed by atoms with E-state index in [2.05, 4.69) is 35.8 Å². The third kappa shape index (κ3) is 7.04. The smallest absolute Gasteiger partial charge is 0.256 e. The number of alkyl halides is 2. The molecule has 0 atom stereocenters. The van der Waals surface area contributed by atoms with Gasteiger partial charge < -0.3 is 15.5 Å². The highest BCUT2D eigenvalue weighted by Crippen LogP contribution is 2.34. The molecule has 4 heterocycles. The first-order valence-corrected chi connectivity index (χ1v) is 16.3. The Morgan fingerprint density at radius 2 is 1.86 bits per heavy atom. The third-order valence-electron chi connectivity index (χ3n) is 8.06. The van der Waals surface area contributed by atoms with E-state index in [0.29, 0.717) is 48.3 Å². The average Bonchev–Trinajstić information content (AvgIpc) is 3.58. The zero-order valence-corrected chi connectivity index (χ0v) is 25.5. The third-order valence-corrected chi connectivity index (χ3v) is 10.1. The van der Waals surface area contributed by atoms with Gasteiger partial charge in [0, 0.05) is 55.5 Å². The number of hydrogen-bond acceptors (Lipinski definition) is 10. The maximum Gasteiger partial charge on any atom is 0.256 e. The summed E-state index contributed by atoms with van der Waals surface area (Å²) in [5.74, 6) is 1.79. The van der Waals surface area contributed by atoms with Gasteiger partial charge >= 0.3 is 0 Å². The molecule has 2 aliphatic rings. The quantitative estimate of drug-likeness (QED) is 0.233. The fourth-order valence-electron chi connectivity index (χ4n) is 5.64. The molecule has 2 saturated carbocycles. The lowest BCUT2D eigenvalue weighted by Crippen LogP contribution is -2.34. The van der Waals surface area contributed by atoms with Gasteiger partial charge in [0.1, 0.15) is 11.6 Å². The lowest BCUT2D eigenvalue weighted by atomic mass is 9.85. The molecule has 0 bridgehead atoms. The molecule has 0 aromatic carbocycles. The standard InChI is InChI=1S/C29H36F2N10O2S/c1-39(18-26(30)31)16-19-3-5-21(6-4-19)35-25-13-28(33-15-23(25)24-10-12-40(2)38-24)36-27-9-11-32-29(37-27)20-14-34-41(17-20)44(42,43)22-7-8-22/h9-15,17,19,21-22,26H,3-8,16,18H2,1-2H3,(H2,32,33,35,36,37). The molecule has 0 amide bonds. The highest BCUT2D eigenvalue weighted by Gasteiger charge is 2.37. The van der Waals surface area contributed by atoms with E-state index >= 15 is 0 Å². The van der Waals surface area contributed by atoms with E-state index in [1.807, 2.05) is 25.4 Å². The van der Waals surface area contributed by atoms with E-state index < -0.39 is 16.4 Å². The molecule has 12 nitrogen and oxygen atoms in total. The molecule has 15 heteroatoms. The molecule has 4 aromatic rings. The number of nitrogens with zero attached hydrogens (tertiary/aromatic N) is 8. The van der Waals surface area contributed by atoms with Crippen molar-refractivity contribution >= 4 is 27.3 Å². The van der Waals surface area contributed by atoms with Gasteiger partial charge in [0.25, 0.3) is 16.4 Å². The second-order valence-corrected chi connectivity index (χ2v) is 13.8. The maximum atomic E-state index is 12.8. The largest absolute Gasteiger partial charge is 0.382 e. The first-order valence-electron chi connectivity index (χ1n) is 14.8. The molecule has 0 saturated heterocycles. The number of halogens is 2. The van der Waals surface area contributed by atoms with E-state index in [0.717, 1.165) is 46.7 Å². The Bertz CT molecular complexity index is 1700. The summed E-state index contributed by atoms with van der Waals surface area (Å²) in [5.41, 5.74) is 3.02. The number of aromatic nitrogens is 7. The minimum atomic E-state index is -3.49. The van der Waals surface area contributed by atoms with Crippen LogP contribution in [-0.4, -0.2) is 85.1 Å². The van der Waals surface area contributed by atoms with Crippen LogP contribution in [0.3, 0.4) is 0 Å². The van der Waals surface area contributed by atoms with Crippen LogP contribution in [0.1, 0.15) is 38.5 Å². The van der Waals surface area contributed by atoms with Crippen molar-refractivity contribution in [1.82, 2.24) is 38.8 Å². The van der Waals surface area contributed by atoms with Gasteiger partial charge in [-0.05, 0) is 63.6 Å². The van der Waals surface area contributed by atoms with Gasteiger partial charge in [0.15, 0.2) is 5.82 Å². The van der Waals surface area contributed by atoms with E-state index in [1.54, 1.807) is 35.1 Å². The van der Waals surface area contributed by atoms with Crippen molar-refractivity contribution in [3.8, 4) is 22.6 Å². The predicted octanol–water partition coefficient (Wildman–Crippen LogP) is 4.39. The normalized spacial score (nSPS) is 19.0. The number of nitrogens with one attached hydrogen (secondary N) is 2. The van der Waals surface area contributed by atoms with Crippen molar-refractivity contribution in [3.05, 3.63) is 49.2 Å². The SMILES string of the molecule is CN(CC(F)F)CC1CCC(Nc2cc(Nc3ccnc(-c4cnn(S(=O)(=O)C5CC5)c4)n3)ncc2-c2ccn(C)n2)CC1. The van der Waals surface area contributed by atoms with Crippen molar-refractivity contribution in [2.75, 3.05) is 30.8 Å². The summed E-state index contributed by atoms with van der Waals surface area (Å²) < 4.78 is 53.4. The van der Waals surface area contributed by atoms with Crippen molar-refractivity contribution < 1.29 is 17.2 Å². The van der Waals surface area contributed by atoms with Crippen LogP contribution in [0.5, 0.6) is 0 Å². The first kappa shape index (κ1) is 30.1. The Hall–Kier alpha value is -3.98. The molecule has 6 rings (SSSR count). The van der Waals surface area contributed by atoms with Gasteiger partial charge in [-0.25, -0.2) is 32.2 Å². The van der Waals surface area contributed by atoms with E-state index in [9.17, 15) is 17.2 Å². The van der Waals surface area contributed by atoms with E-state index in [1.165, 1.54) is 12.4 Å². The van der Waals surface area contributed by atoms with E-state index in [4.69, 9.17) is 0 Å². The van der Waals surface area contributed by atoms with E-state index in [-0.39, 0.29) is 17.8 Å². The van der Waals surface area contributed by atoms with Crippen LogP contribution in [0.15, 0.2) is 49.2 Å². The minimum absolute atomic E-state index is 0.196. The Labute approximate surface area is 255 Å². The summed E-state index contributed by atoms with van der Waals surface area (Å²) in [6.07, 6.45) is 10.9. The highest BCUT2D eigenvalue weighted by atomic mass is 32.2. The van der Waals surface area contributed by atoms with Crippen LogP contribution in [0.25, 0.3) is 22.6 Å². The Kier molecular flexibility index (Phi) is 8.58. The Morgan fingerprint density at radius 1 is 1.07 bits per heavy atom. The van der Waals surface area contributed by atoms with Crippen molar-refractivity contribution in [2.45, 2.75) is 56.2 Å². The zero-order chi connectivity index (χ0) is 30.8. The molecule has 2 aliphatic carbocycles. The summed E-state index contributed by atoms with van der Waals surface area (Å²) >= 11 is 0. The van der Waals surface area contributed by atoms with Crippen LogP contribution in [0, 0.1) is 5.92 Å². The molecule has 0 spiro atoms. The lowest BCUT2D eigenvalue weighted by molar-refractivity contribution is 0.0890. The molecular weight excluding hydrogens is 590 g/mol. The molecule has 4 aromatic heterocycles. The summed E-state index contributed by atoms with van der Waals surface area (Å²) in [6.45, 7) is 0.482. The molecular formula is C29H36F2N10O2S. The second kappa shape index (κ2) is 12.6. The maximum absolute atomic E-state index is 12.8. The Balaban J connectivity index is 1.17. The van der Waals surface area contributed by atoms with Crippen LogP contribution in [-0.2, 0) is 17.1 Å². The highest BCUT2D eigenvalue weighted by molar-refractivity contribution is 7.90. The molecule has 0 unspecified atom stereocenters.